The summed E-state index contributed by atoms with van der Waals surface area (Å²) in [5.74, 6) is 0.630. The van der Waals surface area contributed by atoms with Gasteiger partial charge in [-0.3, -0.25) is 4.90 Å². The zero-order valence-electron chi connectivity index (χ0n) is 15.0. The molecule has 1 aliphatic rings. The molecule has 1 saturated heterocycles. The second-order valence-corrected chi connectivity index (χ2v) is 6.81. The summed E-state index contributed by atoms with van der Waals surface area (Å²) in [6, 6.07) is 15.3. The number of ether oxygens (including phenoxy) is 1. The first-order chi connectivity index (χ1) is 12.6. The molecule has 3 atom stereocenters. The number of nitrogens with zero attached hydrogens (tertiary/aromatic N) is 1. The number of rotatable bonds is 7. The van der Waals surface area contributed by atoms with Gasteiger partial charge >= 0.3 is 0 Å². The van der Waals surface area contributed by atoms with Crippen molar-refractivity contribution in [2.75, 3.05) is 26.4 Å². The van der Waals surface area contributed by atoms with Gasteiger partial charge in [-0.05, 0) is 35.7 Å². The third-order valence-electron chi connectivity index (χ3n) is 5.14. The molecule has 0 aliphatic carbocycles. The van der Waals surface area contributed by atoms with Crippen molar-refractivity contribution in [1.29, 1.82) is 0 Å². The molecule has 5 heteroatoms. The fraction of sp³-hybridized carbons (Fsp3) is 0.429. The van der Waals surface area contributed by atoms with Crippen LogP contribution in [0.4, 0.5) is 4.39 Å². The number of aliphatic hydroxyl groups excluding tert-OH is 2. The average Bonchev–Trinajstić information content (AvgIpc) is 2.96. The van der Waals surface area contributed by atoms with Crippen molar-refractivity contribution < 1.29 is 19.3 Å². The van der Waals surface area contributed by atoms with Gasteiger partial charge in [0.2, 0.25) is 0 Å². The number of hydrogen-bond donors (Lipinski definition) is 2. The van der Waals surface area contributed by atoms with Gasteiger partial charge in [0, 0.05) is 19.0 Å². The van der Waals surface area contributed by atoms with Crippen LogP contribution in [-0.2, 0) is 6.54 Å². The highest BCUT2D eigenvalue weighted by atomic mass is 19.1. The van der Waals surface area contributed by atoms with E-state index in [9.17, 15) is 14.6 Å². The Labute approximate surface area is 153 Å². The minimum atomic E-state index is -0.603. The molecule has 1 fully saturated rings. The molecule has 2 N–H and O–H groups in total. The molecule has 2 aromatic rings. The lowest BCUT2D eigenvalue weighted by atomic mass is 9.90. The van der Waals surface area contributed by atoms with E-state index in [0.717, 1.165) is 16.7 Å². The molecule has 0 amide bonds. The quantitative estimate of drug-likeness (QED) is 0.798. The summed E-state index contributed by atoms with van der Waals surface area (Å²) in [4.78, 5) is 2.12. The molecule has 1 aliphatic heterocycles. The van der Waals surface area contributed by atoms with E-state index >= 15 is 0 Å². The van der Waals surface area contributed by atoms with Crippen molar-refractivity contribution in [3.8, 4) is 5.75 Å². The van der Waals surface area contributed by atoms with Crippen LogP contribution >= 0.6 is 0 Å². The predicted octanol–water partition coefficient (Wildman–Crippen LogP) is 2.66. The molecule has 2 aromatic carbocycles. The lowest BCUT2D eigenvalue weighted by molar-refractivity contribution is 0.0640. The summed E-state index contributed by atoms with van der Waals surface area (Å²) < 4.78 is 17.4. The van der Waals surface area contributed by atoms with E-state index < -0.39 is 12.8 Å². The maximum Gasteiger partial charge on any atom is 0.123 e. The van der Waals surface area contributed by atoms with Gasteiger partial charge in [0.15, 0.2) is 0 Å². The van der Waals surface area contributed by atoms with E-state index in [2.05, 4.69) is 24.0 Å². The summed E-state index contributed by atoms with van der Waals surface area (Å²) in [5, 5.41) is 20.6. The summed E-state index contributed by atoms with van der Waals surface area (Å²) in [6.07, 6.45) is -0.603. The normalized spacial score (nSPS) is 23.3. The number of likely N-dealkylation sites (tertiary alicyclic amines) is 1. The van der Waals surface area contributed by atoms with Crippen LogP contribution in [0.1, 0.15) is 22.6 Å². The molecule has 0 aromatic heterocycles. The van der Waals surface area contributed by atoms with Gasteiger partial charge in [-0.25, -0.2) is 4.39 Å². The lowest BCUT2D eigenvalue weighted by Crippen LogP contribution is -2.38. The Balaban J connectivity index is 1.72. The second kappa shape index (κ2) is 8.62. The maximum atomic E-state index is 12.2. The third kappa shape index (κ3) is 4.06. The van der Waals surface area contributed by atoms with E-state index in [1.165, 1.54) is 0 Å². The van der Waals surface area contributed by atoms with Crippen molar-refractivity contribution in [1.82, 2.24) is 4.90 Å². The molecular formula is C21H26FNO3. The molecule has 26 heavy (non-hydrogen) atoms. The maximum absolute atomic E-state index is 12.2. The van der Waals surface area contributed by atoms with Crippen molar-refractivity contribution in [3.63, 3.8) is 0 Å². The van der Waals surface area contributed by atoms with Crippen LogP contribution in [0.15, 0.2) is 48.5 Å². The monoisotopic (exact) mass is 359 g/mol. The zero-order chi connectivity index (χ0) is 18.5. The fourth-order valence-corrected chi connectivity index (χ4v) is 3.75. The van der Waals surface area contributed by atoms with Gasteiger partial charge in [-0.2, -0.15) is 0 Å². The molecule has 1 heterocycles. The number of aliphatic hydroxyl groups is 2. The topological polar surface area (TPSA) is 52.9 Å². The standard InChI is InChI=1S/C21H26FNO3/c1-15-4-2-3-5-18(15)19-13-23(20(14-24)21(19)25)12-16-6-8-17(9-7-16)26-11-10-22/h2-9,19-21,24-25H,10-14H2,1H3/t19-,20-,21-/m1/s1. The number of hydrogen-bond acceptors (Lipinski definition) is 4. The van der Waals surface area contributed by atoms with Gasteiger partial charge < -0.3 is 14.9 Å². The van der Waals surface area contributed by atoms with Crippen LogP contribution in [0, 0.1) is 6.92 Å². The van der Waals surface area contributed by atoms with Gasteiger partial charge in [0.25, 0.3) is 0 Å². The van der Waals surface area contributed by atoms with Crippen LogP contribution in [-0.4, -0.2) is 53.7 Å². The van der Waals surface area contributed by atoms with Crippen LogP contribution in [0.2, 0.25) is 0 Å². The summed E-state index contributed by atoms with van der Waals surface area (Å²) >= 11 is 0. The molecule has 0 radical (unpaired) electrons. The third-order valence-corrected chi connectivity index (χ3v) is 5.14. The van der Waals surface area contributed by atoms with Gasteiger partial charge in [0.05, 0.1) is 18.8 Å². The molecular weight excluding hydrogens is 333 g/mol. The van der Waals surface area contributed by atoms with Crippen molar-refractivity contribution in [2.45, 2.75) is 31.5 Å². The minimum absolute atomic E-state index is 0.0134. The first kappa shape index (κ1) is 18.8. The second-order valence-electron chi connectivity index (χ2n) is 6.81. The Morgan fingerprint density at radius 2 is 1.88 bits per heavy atom. The molecule has 0 saturated carbocycles. The molecule has 3 rings (SSSR count). The molecule has 4 nitrogen and oxygen atoms in total. The highest BCUT2D eigenvalue weighted by Gasteiger charge is 2.41. The Morgan fingerprint density at radius 3 is 2.54 bits per heavy atom. The van der Waals surface area contributed by atoms with E-state index in [4.69, 9.17) is 4.74 Å². The number of benzene rings is 2. The lowest BCUT2D eigenvalue weighted by Gasteiger charge is -2.24. The predicted molar refractivity (Wildman–Crippen MR) is 99.1 cm³/mol. The van der Waals surface area contributed by atoms with E-state index in [1.54, 1.807) is 0 Å². The molecule has 0 unspecified atom stereocenters. The Morgan fingerprint density at radius 1 is 1.15 bits per heavy atom. The van der Waals surface area contributed by atoms with Gasteiger partial charge in [-0.15, -0.1) is 0 Å². The number of aryl methyl sites for hydroxylation is 1. The Kier molecular flexibility index (Phi) is 6.25. The van der Waals surface area contributed by atoms with Crippen LogP contribution < -0.4 is 4.74 Å². The highest BCUT2D eigenvalue weighted by molar-refractivity contribution is 5.33. The SMILES string of the molecule is Cc1ccccc1[C@H]1CN(Cc2ccc(OCCF)cc2)[C@H](CO)[C@@H]1O. The average molecular weight is 359 g/mol. The summed E-state index contributed by atoms with van der Waals surface area (Å²) in [7, 11) is 0. The van der Waals surface area contributed by atoms with Gasteiger partial charge in [-0.1, -0.05) is 36.4 Å². The molecule has 0 spiro atoms. The summed E-state index contributed by atoms with van der Waals surface area (Å²) in [6.45, 7) is 2.84. The van der Waals surface area contributed by atoms with Crippen LogP contribution in [0.3, 0.4) is 0 Å². The number of halogens is 1. The number of alkyl halides is 1. The Hall–Kier alpha value is -1.95. The molecule has 140 valence electrons. The summed E-state index contributed by atoms with van der Waals surface area (Å²) in [5.41, 5.74) is 3.36. The smallest absolute Gasteiger partial charge is 0.123 e. The zero-order valence-corrected chi connectivity index (χ0v) is 15.0. The first-order valence-electron chi connectivity index (χ1n) is 9.00. The Bertz CT molecular complexity index is 707. The van der Waals surface area contributed by atoms with Crippen LogP contribution in [0.5, 0.6) is 5.75 Å². The van der Waals surface area contributed by atoms with Crippen molar-refractivity contribution in [3.05, 3.63) is 65.2 Å². The van der Waals surface area contributed by atoms with Gasteiger partial charge in [0.1, 0.15) is 19.0 Å². The van der Waals surface area contributed by atoms with Crippen LogP contribution in [0.25, 0.3) is 0 Å². The van der Waals surface area contributed by atoms with E-state index in [-0.39, 0.29) is 25.2 Å². The first-order valence-corrected chi connectivity index (χ1v) is 9.00. The minimum Gasteiger partial charge on any atom is -0.491 e. The van der Waals surface area contributed by atoms with E-state index in [0.29, 0.717) is 18.8 Å². The largest absolute Gasteiger partial charge is 0.491 e. The van der Waals surface area contributed by atoms with E-state index in [1.807, 2.05) is 36.4 Å². The molecule has 0 bridgehead atoms. The fourth-order valence-electron chi connectivity index (χ4n) is 3.75. The highest BCUT2D eigenvalue weighted by Crippen LogP contribution is 2.34. The van der Waals surface area contributed by atoms with Crippen molar-refractivity contribution >= 4 is 0 Å². The van der Waals surface area contributed by atoms with Crippen molar-refractivity contribution in [2.24, 2.45) is 0 Å².